The summed E-state index contributed by atoms with van der Waals surface area (Å²) in [5.74, 6) is 0. The van der Waals surface area contributed by atoms with Crippen LogP contribution in [0.15, 0.2) is 42.5 Å². The van der Waals surface area contributed by atoms with Crippen LogP contribution in [-0.4, -0.2) is 11.5 Å². The lowest BCUT2D eigenvalue weighted by atomic mass is 10.1. The number of nitrogens with two attached hydrogens (primary N) is 1. The maximum absolute atomic E-state index is 11.0. The molecule has 0 bridgehead atoms. The highest BCUT2D eigenvalue weighted by molar-refractivity contribution is 6.30. The van der Waals surface area contributed by atoms with E-state index in [0.29, 0.717) is 23.8 Å². The van der Waals surface area contributed by atoms with Gasteiger partial charge in [-0.2, -0.15) is 0 Å². The summed E-state index contributed by atoms with van der Waals surface area (Å²) in [6.07, 6.45) is 0.844. The fourth-order valence-corrected chi connectivity index (χ4v) is 2.16. The number of rotatable bonds is 6. The van der Waals surface area contributed by atoms with Crippen molar-refractivity contribution in [3.63, 3.8) is 0 Å². The smallest absolute Gasteiger partial charge is 0.293 e. The fourth-order valence-electron chi connectivity index (χ4n) is 1.99. The van der Waals surface area contributed by atoms with Gasteiger partial charge in [-0.15, -0.1) is 0 Å². The van der Waals surface area contributed by atoms with E-state index in [-0.39, 0.29) is 5.69 Å². The first-order valence-electron chi connectivity index (χ1n) is 6.56. The van der Waals surface area contributed by atoms with Crippen LogP contribution < -0.4 is 11.1 Å². The molecule has 3 N–H and O–H groups in total. The van der Waals surface area contributed by atoms with Crippen LogP contribution in [0.1, 0.15) is 11.1 Å². The molecule has 6 heteroatoms. The van der Waals surface area contributed by atoms with Gasteiger partial charge in [0.25, 0.3) is 5.69 Å². The molecule has 0 aliphatic carbocycles. The minimum absolute atomic E-state index is 0.0257. The van der Waals surface area contributed by atoms with Crippen molar-refractivity contribution in [1.82, 2.24) is 0 Å². The van der Waals surface area contributed by atoms with E-state index in [1.165, 1.54) is 11.6 Å². The molecule has 2 aromatic carbocycles. The zero-order chi connectivity index (χ0) is 15.2. The highest BCUT2D eigenvalue weighted by atomic mass is 35.5. The SMILES string of the molecule is NCCc1ccc(CNc2ccc(Cl)cc2[N+](=O)[O-])cc1. The molecule has 0 aromatic heterocycles. The maximum Gasteiger partial charge on any atom is 0.293 e. The molecule has 21 heavy (non-hydrogen) atoms. The molecule has 0 amide bonds. The standard InChI is InChI=1S/C15H16ClN3O2/c16-13-5-6-14(15(9-13)19(20)21)18-10-12-3-1-11(2-4-12)7-8-17/h1-6,9,18H,7-8,10,17H2. The van der Waals surface area contributed by atoms with Gasteiger partial charge in [0, 0.05) is 17.6 Å². The Morgan fingerprint density at radius 1 is 1.14 bits per heavy atom. The van der Waals surface area contributed by atoms with Gasteiger partial charge in [-0.1, -0.05) is 35.9 Å². The molecule has 0 radical (unpaired) electrons. The summed E-state index contributed by atoms with van der Waals surface area (Å²) in [6, 6.07) is 12.6. The number of hydrogen-bond donors (Lipinski definition) is 2. The predicted octanol–water partition coefficient (Wildman–Crippen LogP) is 3.36. The van der Waals surface area contributed by atoms with Crippen LogP contribution in [0, 0.1) is 10.1 Å². The summed E-state index contributed by atoms with van der Waals surface area (Å²) in [6.45, 7) is 1.12. The Balaban J connectivity index is 2.07. The van der Waals surface area contributed by atoms with Crippen molar-refractivity contribution in [3.8, 4) is 0 Å². The Morgan fingerprint density at radius 2 is 1.81 bits per heavy atom. The molecule has 0 saturated heterocycles. The normalized spacial score (nSPS) is 10.4. The van der Waals surface area contributed by atoms with Crippen molar-refractivity contribution in [2.75, 3.05) is 11.9 Å². The summed E-state index contributed by atoms with van der Waals surface area (Å²) >= 11 is 5.78. The number of anilines is 1. The summed E-state index contributed by atoms with van der Waals surface area (Å²) in [7, 11) is 0. The van der Waals surface area contributed by atoms with Gasteiger partial charge >= 0.3 is 0 Å². The average Bonchev–Trinajstić information content (AvgIpc) is 2.47. The number of hydrogen-bond acceptors (Lipinski definition) is 4. The van der Waals surface area contributed by atoms with Crippen LogP contribution in [-0.2, 0) is 13.0 Å². The van der Waals surface area contributed by atoms with Crippen LogP contribution in [0.5, 0.6) is 0 Å². The molecule has 0 spiro atoms. The van der Waals surface area contributed by atoms with E-state index in [9.17, 15) is 10.1 Å². The molecule has 2 aromatic rings. The molecule has 0 atom stereocenters. The van der Waals surface area contributed by atoms with Crippen molar-refractivity contribution in [3.05, 3.63) is 68.7 Å². The van der Waals surface area contributed by atoms with E-state index in [1.54, 1.807) is 12.1 Å². The quantitative estimate of drug-likeness (QED) is 0.633. The lowest BCUT2D eigenvalue weighted by Crippen LogP contribution is -2.04. The third kappa shape index (κ3) is 4.18. The van der Waals surface area contributed by atoms with Crippen LogP contribution in [0.25, 0.3) is 0 Å². The molecule has 5 nitrogen and oxygen atoms in total. The second-order valence-electron chi connectivity index (χ2n) is 4.63. The van der Waals surface area contributed by atoms with E-state index in [2.05, 4.69) is 5.32 Å². The number of nitro groups is 1. The lowest BCUT2D eigenvalue weighted by molar-refractivity contribution is -0.383. The number of nitrogens with zero attached hydrogens (tertiary/aromatic N) is 1. The first-order chi connectivity index (χ1) is 10.1. The van der Waals surface area contributed by atoms with Gasteiger partial charge in [-0.05, 0) is 36.2 Å². The molecular formula is C15H16ClN3O2. The Kier molecular flexibility index (Phi) is 5.14. The van der Waals surface area contributed by atoms with Gasteiger partial charge < -0.3 is 11.1 Å². The van der Waals surface area contributed by atoms with E-state index in [1.807, 2.05) is 24.3 Å². The van der Waals surface area contributed by atoms with E-state index >= 15 is 0 Å². The molecular weight excluding hydrogens is 290 g/mol. The molecule has 0 aliphatic rings. The minimum atomic E-state index is -0.446. The first kappa shape index (κ1) is 15.3. The summed E-state index contributed by atoms with van der Waals surface area (Å²) in [4.78, 5) is 10.6. The van der Waals surface area contributed by atoms with E-state index < -0.39 is 4.92 Å². The van der Waals surface area contributed by atoms with Crippen molar-refractivity contribution >= 4 is 23.0 Å². The Morgan fingerprint density at radius 3 is 2.43 bits per heavy atom. The average molecular weight is 306 g/mol. The largest absolute Gasteiger partial charge is 0.375 e. The van der Waals surface area contributed by atoms with Crippen molar-refractivity contribution in [2.24, 2.45) is 5.73 Å². The summed E-state index contributed by atoms with van der Waals surface area (Å²) < 4.78 is 0. The van der Waals surface area contributed by atoms with Crippen molar-refractivity contribution in [1.29, 1.82) is 0 Å². The van der Waals surface area contributed by atoms with Crippen LogP contribution in [0.3, 0.4) is 0 Å². The second kappa shape index (κ2) is 7.06. The van der Waals surface area contributed by atoms with E-state index in [0.717, 1.165) is 12.0 Å². The minimum Gasteiger partial charge on any atom is -0.375 e. The van der Waals surface area contributed by atoms with Gasteiger partial charge in [0.15, 0.2) is 0 Å². The Bertz CT molecular complexity index is 629. The summed E-state index contributed by atoms with van der Waals surface area (Å²) in [5.41, 5.74) is 8.15. The first-order valence-corrected chi connectivity index (χ1v) is 6.93. The molecule has 2 rings (SSSR count). The number of nitrogens with one attached hydrogen (secondary N) is 1. The molecule has 0 fully saturated rings. The molecule has 0 unspecified atom stereocenters. The fraction of sp³-hybridized carbons (Fsp3) is 0.200. The highest BCUT2D eigenvalue weighted by Crippen LogP contribution is 2.28. The topological polar surface area (TPSA) is 81.2 Å². The van der Waals surface area contributed by atoms with Gasteiger partial charge in [-0.3, -0.25) is 10.1 Å². The maximum atomic E-state index is 11.0. The zero-order valence-corrected chi connectivity index (χ0v) is 12.1. The van der Waals surface area contributed by atoms with Crippen LogP contribution in [0.2, 0.25) is 5.02 Å². The van der Waals surface area contributed by atoms with Gasteiger partial charge in [0.05, 0.1) is 4.92 Å². The lowest BCUT2D eigenvalue weighted by Gasteiger charge is -2.08. The third-order valence-electron chi connectivity index (χ3n) is 3.10. The molecule has 0 heterocycles. The molecule has 0 aliphatic heterocycles. The van der Waals surface area contributed by atoms with E-state index in [4.69, 9.17) is 17.3 Å². The zero-order valence-electron chi connectivity index (χ0n) is 11.4. The van der Waals surface area contributed by atoms with Crippen molar-refractivity contribution < 1.29 is 4.92 Å². The van der Waals surface area contributed by atoms with Gasteiger partial charge in [-0.25, -0.2) is 0 Å². The predicted molar refractivity (Wildman–Crippen MR) is 84.6 cm³/mol. The van der Waals surface area contributed by atoms with Crippen LogP contribution in [0.4, 0.5) is 11.4 Å². The monoisotopic (exact) mass is 305 g/mol. The molecule has 110 valence electrons. The Hall–Kier alpha value is -2.11. The summed E-state index contributed by atoms with van der Waals surface area (Å²) in [5, 5.41) is 14.4. The molecule has 0 saturated carbocycles. The third-order valence-corrected chi connectivity index (χ3v) is 3.33. The van der Waals surface area contributed by atoms with Gasteiger partial charge in [0.2, 0.25) is 0 Å². The second-order valence-corrected chi connectivity index (χ2v) is 5.06. The van der Waals surface area contributed by atoms with Gasteiger partial charge in [0.1, 0.15) is 5.69 Å². The Labute approximate surface area is 127 Å². The van der Waals surface area contributed by atoms with Crippen LogP contribution >= 0.6 is 11.6 Å². The number of benzene rings is 2. The number of nitro benzene ring substituents is 1. The van der Waals surface area contributed by atoms with Crippen molar-refractivity contribution in [2.45, 2.75) is 13.0 Å². The highest BCUT2D eigenvalue weighted by Gasteiger charge is 2.13. The number of halogens is 1.